The topological polar surface area (TPSA) is 52.6 Å². The number of fused-ring (bicyclic) bond motifs is 6. The van der Waals surface area contributed by atoms with Crippen molar-refractivity contribution in [1.29, 1.82) is 0 Å². The van der Waals surface area contributed by atoms with E-state index in [2.05, 4.69) is 32.9 Å². The minimum atomic E-state index is -1.01. The van der Waals surface area contributed by atoms with Gasteiger partial charge in [0.05, 0.1) is 6.42 Å². The van der Waals surface area contributed by atoms with E-state index in [9.17, 15) is 9.59 Å². The van der Waals surface area contributed by atoms with Crippen molar-refractivity contribution in [1.82, 2.24) is 0 Å². The average molecular weight is 473 g/mol. The summed E-state index contributed by atoms with van der Waals surface area (Å²) in [5.41, 5.74) is 2.30. The first-order valence-electron chi connectivity index (χ1n) is 13.3. The molecule has 4 aliphatic carbocycles. The fourth-order valence-electron chi connectivity index (χ4n) is 8.53. The summed E-state index contributed by atoms with van der Waals surface area (Å²) in [7, 11) is 0. The highest BCUT2D eigenvalue weighted by Crippen LogP contribution is 2.69. The van der Waals surface area contributed by atoms with Crippen LogP contribution in [0.15, 0.2) is 65.8 Å². The lowest BCUT2D eigenvalue weighted by atomic mass is 9.50. The molecule has 1 aromatic carbocycles. The highest BCUT2D eigenvalue weighted by Gasteiger charge is 2.71. The third-order valence-electron chi connectivity index (χ3n) is 10.2. The Morgan fingerprint density at radius 1 is 1.11 bits per heavy atom. The van der Waals surface area contributed by atoms with Crippen molar-refractivity contribution >= 4 is 11.6 Å². The van der Waals surface area contributed by atoms with E-state index < -0.39 is 11.4 Å². The molecule has 4 nitrogen and oxygen atoms in total. The van der Waals surface area contributed by atoms with E-state index in [4.69, 9.17) is 9.47 Å². The Hall–Kier alpha value is -2.30. The molecule has 184 valence electrons. The van der Waals surface area contributed by atoms with Crippen LogP contribution in [0.4, 0.5) is 0 Å². The maximum atomic E-state index is 14.0. The fraction of sp³-hybridized carbons (Fsp3) is 0.548. The van der Waals surface area contributed by atoms with Crippen LogP contribution in [-0.4, -0.2) is 23.8 Å². The van der Waals surface area contributed by atoms with E-state index in [0.29, 0.717) is 24.4 Å². The fourth-order valence-corrected chi connectivity index (χ4v) is 8.53. The molecule has 4 heteroatoms. The minimum absolute atomic E-state index is 0.0990. The first kappa shape index (κ1) is 23.1. The summed E-state index contributed by atoms with van der Waals surface area (Å²) in [5, 5.41) is 0. The second-order valence-electron chi connectivity index (χ2n) is 11.8. The normalized spacial score (nSPS) is 44.1. The number of hydrogen-bond donors (Lipinski definition) is 0. The zero-order valence-corrected chi connectivity index (χ0v) is 21.3. The Morgan fingerprint density at radius 3 is 2.63 bits per heavy atom. The number of benzene rings is 1. The molecule has 5 aliphatic rings. The highest BCUT2D eigenvalue weighted by molar-refractivity contribution is 6.01. The maximum absolute atomic E-state index is 14.0. The lowest BCUT2D eigenvalue weighted by Crippen LogP contribution is -2.54. The lowest BCUT2D eigenvalue weighted by molar-refractivity contribution is -0.277. The van der Waals surface area contributed by atoms with Crippen molar-refractivity contribution in [3.05, 3.63) is 71.3 Å². The molecule has 1 saturated heterocycles. The Labute approximate surface area is 208 Å². The number of ketones is 2. The van der Waals surface area contributed by atoms with Gasteiger partial charge in [-0.05, 0) is 75.0 Å². The molecule has 0 radical (unpaired) electrons. The molecule has 0 aromatic heterocycles. The number of allylic oxidation sites excluding steroid dienone is 6. The van der Waals surface area contributed by atoms with E-state index in [-0.39, 0.29) is 28.8 Å². The van der Waals surface area contributed by atoms with Crippen LogP contribution in [0.5, 0.6) is 0 Å². The van der Waals surface area contributed by atoms with Crippen molar-refractivity contribution < 1.29 is 19.1 Å². The van der Waals surface area contributed by atoms with E-state index in [1.54, 1.807) is 6.08 Å². The third-order valence-corrected chi connectivity index (χ3v) is 10.2. The van der Waals surface area contributed by atoms with Crippen LogP contribution in [0.1, 0.15) is 65.4 Å². The quantitative estimate of drug-likeness (QED) is 0.501. The number of hydrogen-bond acceptors (Lipinski definition) is 4. The molecule has 0 bridgehead atoms. The van der Waals surface area contributed by atoms with E-state index in [0.717, 1.165) is 31.2 Å². The van der Waals surface area contributed by atoms with Gasteiger partial charge in [-0.25, -0.2) is 0 Å². The highest BCUT2D eigenvalue weighted by atomic mass is 16.7. The van der Waals surface area contributed by atoms with E-state index in [1.165, 1.54) is 11.1 Å². The number of carbonyl (C=O) groups is 2. The van der Waals surface area contributed by atoms with Crippen molar-refractivity contribution in [2.75, 3.05) is 6.61 Å². The standard InChI is InChI=1S/C31H36O4/c1-5-34-31(21-9-7-6-8-10-21)19-27(33)30(35-31)16-13-25-23-17-20(2)26-18-22(32)11-14-28(26,3)24(23)12-15-29(25,30)4/h6-12,14,18,20,23,25H,5,13,15-17,19H2,1-4H3/t20-,23+,25-,28+,29-,30-,31?/m0/s1. The average Bonchev–Trinajstić information content (AvgIpc) is 3.31. The molecule has 3 fully saturated rings. The third kappa shape index (κ3) is 2.93. The second kappa shape index (κ2) is 7.60. The Morgan fingerprint density at radius 2 is 1.89 bits per heavy atom. The van der Waals surface area contributed by atoms with Gasteiger partial charge in [-0.15, -0.1) is 0 Å². The summed E-state index contributed by atoms with van der Waals surface area (Å²) in [4.78, 5) is 26.2. The monoisotopic (exact) mass is 472 g/mol. The van der Waals surface area contributed by atoms with Crippen LogP contribution in [0.3, 0.4) is 0 Å². The number of rotatable bonds is 3. The summed E-state index contributed by atoms with van der Waals surface area (Å²) >= 11 is 0. The molecule has 0 amide bonds. The predicted molar refractivity (Wildman–Crippen MR) is 134 cm³/mol. The number of ether oxygens (including phenoxy) is 2. The van der Waals surface area contributed by atoms with Gasteiger partial charge >= 0.3 is 0 Å². The van der Waals surface area contributed by atoms with Crippen LogP contribution < -0.4 is 0 Å². The smallest absolute Gasteiger partial charge is 0.203 e. The van der Waals surface area contributed by atoms with Gasteiger partial charge in [0.25, 0.3) is 0 Å². The Balaban J connectivity index is 1.42. The van der Waals surface area contributed by atoms with E-state index in [1.807, 2.05) is 43.3 Å². The first-order valence-corrected chi connectivity index (χ1v) is 13.3. The number of Topliss-reactive ketones (excluding diaryl/α,β-unsaturated/α-hetero) is 1. The second-order valence-corrected chi connectivity index (χ2v) is 11.8. The zero-order chi connectivity index (χ0) is 24.6. The van der Waals surface area contributed by atoms with Gasteiger partial charge in [-0.2, -0.15) is 0 Å². The molecule has 1 aromatic rings. The van der Waals surface area contributed by atoms with Crippen molar-refractivity contribution in [3.63, 3.8) is 0 Å². The zero-order valence-electron chi connectivity index (χ0n) is 21.3. The van der Waals surface area contributed by atoms with Gasteiger partial charge in [0.15, 0.2) is 11.6 Å². The van der Waals surface area contributed by atoms with Crippen LogP contribution >= 0.6 is 0 Å². The Bertz CT molecular complexity index is 1180. The molecule has 1 heterocycles. The predicted octanol–water partition coefficient (Wildman–Crippen LogP) is 6.08. The van der Waals surface area contributed by atoms with Crippen molar-refractivity contribution in [3.8, 4) is 0 Å². The van der Waals surface area contributed by atoms with Crippen LogP contribution in [0.25, 0.3) is 0 Å². The van der Waals surface area contributed by atoms with Crippen LogP contribution in [0.2, 0.25) is 0 Å². The lowest BCUT2D eigenvalue weighted by Gasteiger charge is -2.55. The Kier molecular flexibility index (Phi) is 5.02. The number of carbonyl (C=O) groups excluding carboxylic acids is 2. The van der Waals surface area contributed by atoms with Gasteiger partial charge < -0.3 is 9.47 Å². The summed E-state index contributed by atoms with van der Waals surface area (Å²) < 4.78 is 13.3. The molecule has 2 saturated carbocycles. The largest absolute Gasteiger partial charge is 0.346 e. The molecule has 1 spiro atoms. The molecule has 6 rings (SSSR count). The SMILES string of the molecule is CCOC1(c2ccccc2)CC(=O)[C@]2(CC[C@H]3[C@@H]4C[C@H](C)C5=CC(=O)C=C[C@]5(C)C4=CC[C@@]32C)O1. The molecule has 7 atom stereocenters. The van der Waals surface area contributed by atoms with Gasteiger partial charge in [0, 0.05) is 23.0 Å². The molecule has 0 N–H and O–H groups in total. The summed E-state index contributed by atoms with van der Waals surface area (Å²) in [6, 6.07) is 9.99. The van der Waals surface area contributed by atoms with Crippen molar-refractivity contribution in [2.45, 2.75) is 71.2 Å². The summed E-state index contributed by atoms with van der Waals surface area (Å²) in [6.45, 7) is 9.28. The van der Waals surface area contributed by atoms with Crippen LogP contribution in [-0.2, 0) is 24.8 Å². The van der Waals surface area contributed by atoms with Crippen molar-refractivity contribution in [2.24, 2.45) is 28.6 Å². The maximum Gasteiger partial charge on any atom is 0.203 e. The van der Waals surface area contributed by atoms with Gasteiger partial charge in [-0.3, -0.25) is 9.59 Å². The molecular weight excluding hydrogens is 436 g/mol. The summed E-state index contributed by atoms with van der Waals surface area (Å²) in [5.74, 6) is 0.368. The van der Waals surface area contributed by atoms with Gasteiger partial charge in [-0.1, -0.05) is 61.9 Å². The van der Waals surface area contributed by atoms with Gasteiger partial charge in [0.1, 0.15) is 5.60 Å². The first-order chi connectivity index (χ1) is 16.7. The molecule has 35 heavy (non-hydrogen) atoms. The minimum Gasteiger partial charge on any atom is -0.346 e. The molecule has 1 aliphatic heterocycles. The summed E-state index contributed by atoms with van der Waals surface area (Å²) in [6.07, 6.45) is 11.9. The van der Waals surface area contributed by atoms with Crippen LogP contribution in [0, 0.1) is 28.6 Å². The molecular formula is C31H36O4. The molecule has 1 unspecified atom stereocenters. The van der Waals surface area contributed by atoms with E-state index >= 15 is 0 Å². The van der Waals surface area contributed by atoms with Gasteiger partial charge in [0.2, 0.25) is 5.79 Å².